The zero-order valence-corrected chi connectivity index (χ0v) is 13.8. The summed E-state index contributed by atoms with van der Waals surface area (Å²) in [5.74, 6) is 0.981. The van der Waals surface area contributed by atoms with Crippen LogP contribution in [0, 0.1) is 23.7 Å². The van der Waals surface area contributed by atoms with Crippen LogP contribution in [0.15, 0.2) is 18.2 Å². The van der Waals surface area contributed by atoms with E-state index in [1.165, 1.54) is 5.56 Å². The molecule has 21 heavy (non-hydrogen) atoms. The van der Waals surface area contributed by atoms with E-state index >= 15 is 0 Å². The predicted octanol–water partition coefficient (Wildman–Crippen LogP) is 3.98. The smallest absolute Gasteiger partial charge is 0.125 e. The lowest BCUT2D eigenvalue weighted by Crippen LogP contribution is -2.18. The first-order valence-electron chi connectivity index (χ1n) is 7.74. The van der Waals surface area contributed by atoms with Gasteiger partial charge in [-0.05, 0) is 64.5 Å². The average Bonchev–Trinajstić information content (AvgIpc) is 2.40. The summed E-state index contributed by atoms with van der Waals surface area (Å²) in [5, 5.41) is 8.99. The van der Waals surface area contributed by atoms with Gasteiger partial charge in [0.15, 0.2) is 0 Å². The van der Waals surface area contributed by atoms with Crippen molar-refractivity contribution in [3.63, 3.8) is 0 Å². The summed E-state index contributed by atoms with van der Waals surface area (Å²) in [7, 11) is 0. The molecule has 0 saturated heterocycles. The lowest BCUT2D eigenvalue weighted by Gasteiger charge is -2.17. The number of rotatable bonds is 8. The third-order valence-corrected chi connectivity index (χ3v) is 3.58. The molecule has 0 saturated carbocycles. The van der Waals surface area contributed by atoms with E-state index in [1.54, 1.807) is 0 Å². The van der Waals surface area contributed by atoms with Crippen LogP contribution in [-0.4, -0.2) is 12.6 Å². The first kappa shape index (κ1) is 17.5. The van der Waals surface area contributed by atoms with Crippen LogP contribution in [0.3, 0.4) is 0 Å². The molecule has 0 bridgehead atoms. The Kier molecular flexibility index (Phi) is 6.71. The van der Waals surface area contributed by atoms with Crippen molar-refractivity contribution in [2.45, 2.75) is 59.4 Å². The summed E-state index contributed by atoms with van der Waals surface area (Å²) in [6, 6.07) is 8.67. The summed E-state index contributed by atoms with van der Waals surface area (Å²) in [5.41, 5.74) is 8.00. The maximum absolute atomic E-state index is 8.99. The van der Waals surface area contributed by atoms with Gasteiger partial charge in [0.2, 0.25) is 0 Å². The van der Waals surface area contributed by atoms with Crippen LogP contribution in [0.1, 0.15) is 51.2 Å². The van der Waals surface area contributed by atoms with E-state index in [9.17, 15) is 0 Å². The normalized spacial score (nSPS) is 12.8. The van der Waals surface area contributed by atoms with Crippen molar-refractivity contribution in [1.29, 1.82) is 5.26 Å². The number of hydrogen-bond donors (Lipinski definition) is 1. The van der Waals surface area contributed by atoms with E-state index in [0.29, 0.717) is 6.61 Å². The molecule has 0 aliphatic rings. The summed E-state index contributed by atoms with van der Waals surface area (Å²) in [6.07, 6.45) is 3.72. The topological polar surface area (TPSA) is 59.0 Å². The second kappa shape index (κ2) is 8.05. The Hall–Kier alpha value is -1.53. The van der Waals surface area contributed by atoms with E-state index in [-0.39, 0.29) is 11.5 Å². The lowest BCUT2D eigenvalue weighted by atomic mass is 9.89. The van der Waals surface area contributed by atoms with E-state index < -0.39 is 0 Å². The zero-order valence-electron chi connectivity index (χ0n) is 13.8. The van der Waals surface area contributed by atoms with E-state index in [4.69, 9.17) is 15.7 Å². The molecule has 1 unspecified atom stereocenters. The molecule has 0 heterocycles. The summed E-state index contributed by atoms with van der Waals surface area (Å²) < 4.78 is 5.98. The van der Waals surface area contributed by atoms with Crippen molar-refractivity contribution in [3.05, 3.63) is 29.3 Å². The SMILES string of the molecule is Cc1cccc(CC(C)N)c1OCCCCC(C)(C)C#N. The molecular formula is C18H28N2O. The molecule has 3 heteroatoms. The molecule has 0 aliphatic carbocycles. The summed E-state index contributed by atoms with van der Waals surface area (Å²) in [6.45, 7) is 8.74. The van der Waals surface area contributed by atoms with E-state index in [2.05, 4.69) is 31.2 Å². The van der Waals surface area contributed by atoms with E-state index in [1.807, 2.05) is 20.8 Å². The highest BCUT2D eigenvalue weighted by Gasteiger charge is 2.15. The molecular weight excluding hydrogens is 260 g/mol. The van der Waals surface area contributed by atoms with Gasteiger partial charge in [0.1, 0.15) is 5.75 Å². The molecule has 1 aromatic carbocycles. The van der Waals surface area contributed by atoms with Gasteiger partial charge in [0, 0.05) is 6.04 Å². The largest absolute Gasteiger partial charge is 0.493 e. The first-order chi connectivity index (χ1) is 9.85. The van der Waals surface area contributed by atoms with Crippen molar-refractivity contribution < 1.29 is 4.74 Å². The molecule has 2 N–H and O–H groups in total. The Morgan fingerprint density at radius 3 is 2.67 bits per heavy atom. The average molecular weight is 288 g/mol. The van der Waals surface area contributed by atoms with Crippen molar-refractivity contribution in [3.8, 4) is 11.8 Å². The number of nitrogens with zero attached hydrogens (tertiary/aromatic N) is 1. The lowest BCUT2D eigenvalue weighted by molar-refractivity contribution is 0.290. The van der Waals surface area contributed by atoms with Crippen LogP contribution >= 0.6 is 0 Å². The molecule has 1 rings (SSSR count). The number of hydrogen-bond acceptors (Lipinski definition) is 3. The molecule has 0 aromatic heterocycles. The highest BCUT2D eigenvalue weighted by atomic mass is 16.5. The van der Waals surface area contributed by atoms with Gasteiger partial charge < -0.3 is 10.5 Å². The molecule has 0 spiro atoms. The Bertz CT molecular complexity index is 486. The van der Waals surface area contributed by atoms with Gasteiger partial charge >= 0.3 is 0 Å². The number of nitrogens with two attached hydrogens (primary N) is 1. The molecule has 116 valence electrons. The Morgan fingerprint density at radius 1 is 1.33 bits per heavy atom. The quantitative estimate of drug-likeness (QED) is 0.736. The minimum Gasteiger partial charge on any atom is -0.493 e. The van der Waals surface area contributed by atoms with Gasteiger partial charge in [-0.25, -0.2) is 0 Å². The van der Waals surface area contributed by atoms with Crippen LogP contribution < -0.4 is 10.5 Å². The summed E-state index contributed by atoms with van der Waals surface area (Å²) >= 11 is 0. The highest BCUT2D eigenvalue weighted by molar-refractivity contribution is 5.41. The molecule has 3 nitrogen and oxygen atoms in total. The second-order valence-corrected chi connectivity index (χ2v) is 6.55. The van der Waals surface area contributed by atoms with Crippen molar-refractivity contribution >= 4 is 0 Å². The van der Waals surface area contributed by atoms with Crippen LogP contribution in [0.4, 0.5) is 0 Å². The minimum absolute atomic E-state index is 0.130. The Balaban J connectivity index is 2.50. The number of para-hydroxylation sites is 1. The first-order valence-corrected chi connectivity index (χ1v) is 7.74. The highest BCUT2D eigenvalue weighted by Crippen LogP contribution is 2.26. The van der Waals surface area contributed by atoms with Crippen molar-refractivity contribution in [2.24, 2.45) is 11.1 Å². The fourth-order valence-electron chi connectivity index (χ4n) is 2.33. The fourth-order valence-corrected chi connectivity index (χ4v) is 2.33. The standard InChI is InChI=1S/C18H28N2O/c1-14-8-7-9-16(12-15(2)20)17(14)21-11-6-5-10-18(3,4)13-19/h7-9,15H,5-6,10-12,20H2,1-4H3. The molecule has 0 amide bonds. The maximum atomic E-state index is 8.99. The van der Waals surface area contributed by atoms with Crippen LogP contribution in [-0.2, 0) is 6.42 Å². The minimum atomic E-state index is -0.233. The summed E-state index contributed by atoms with van der Waals surface area (Å²) in [4.78, 5) is 0. The van der Waals surface area contributed by atoms with E-state index in [0.717, 1.165) is 37.0 Å². The molecule has 0 fully saturated rings. The van der Waals surface area contributed by atoms with Gasteiger partial charge in [0.25, 0.3) is 0 Å². The Labute approximate surface area is 129 Å². The van der Waals surface area contributed by atoms with Crippen LogP contribution in [0.2, 0.25) is 0 Å². The zero-order chi connectivity index (χ0) is 15.9. The van der Waals surface area contributed by atoms with Gasteiger partial charge in [-0.1, -0.05) is 18.2 Å². The number of aryl methyl sites for hydroxylation is 1. The fraction of sp³-hybridized carbons (Fsp3) is 0.611. The van der Waals surface area contributed by atoms with Crippen LogP contribution in [0.5, 0.6) is 5.75 Å². The van der Waals surface area contributed by atoms with Gasteiger partial charge in [-0.3, -0.25) is 0 Å². The number of ether oxygens (including phenoxy) is 1. The van der Waals surface area contributed by atoms with Crippen molar-refractivity contribution in [1.82, 2.24) is 0 Å². The van der Waals surface area contributed by atoms with Gasteiger partial charge in [-0.2, -0.15) is 5.26 Å². The third kappa shape index (κ3) is 6.18. The number of benzene rings is 1. The molecule has 0 radical (unpaired) electrons. The second-order valence-electron chi connectivity index (χ2n) is 6.55. The van der Waals surface area contributed by atoms with Crippen molar-refractivity contribution in [2.75, 3.05) is 6.61 Å². The maximum Gasteiger partial charge on any atom is 0.125 e. The van der Waals surface area contributed by atoms with Gasteiger partial charge in [0.05, 0.1) is 18.1 Å². The predicted molar refractivity (Wildman–Crippen MR) is 87.3 cm³/mol. The monoisotopic (exact) mass is 288 g/mol. The number of unbranched alkanes of at least 4 members (excludes halogenated alkanes) is 1. The molecule has 1 aromatic rings. The Morgan fingerprint density at radius 2 is 2.05 bits per heavy atom. The third-order valence-electron chi connectivity index (χ3n) is 3.58. The number of nitriles is 1. The molecule has 0 aliphatic heterocycles. The molecule has 1 atom stereocenters. The van der Waals surface area contributed by atoms with Gasteiger partial charge in [-0.15, -0.1) is 0 Å². The van der Waals surface area contributed by atoms with Crippen LogP contribution in [0.25, 0.3) is 0 Å².